The highest BCUT2D eigenvalue weighted by Crippen LogP contribution is 2.29. The number of alkyl carbamates (subject to hydrolysis) is 1. The summed E-state index contributed by atoms with van der Waals surface area (Å²) in [6.45, 7) is 5.46. The smallest absolute Gasteiger partial charge is 0.407 e. The third kappa shape index (κ3) is 10.1. The Kier molecular flexibility index (Phi) is 9.97. The Bertz CT molecular complexity index is 741. The lowest BCUT2D eigenvalue weighted by atomic mass is 9.95. The molecule has 2 rings (SSSR count). The highest BCUT2D eigenvalue weighted by Gasteiger charge is 2.29. The largest absolute Gasteiger partial charge is 0.460 e. The minimum absolute atomic E-state index is 0.00513. The summed E-state index contributed by atoms with van der Waals surface area (Å²) >= 11 is 0. The number of esters is 1. The maximum absolute atomic E-state index is 12.5. The average molecular weight is 449 g/mol. The van der Waals surface area contributed by atoms with E-state index in [0.29, 0.717) is 0 Å². The summed E-state index contributed by atoms with van der Waals surface area (Å²) in [5.41, 5.74) is 0.284. The second kappa shape index (κ2) is 12.4. The predicted molar refractivity (Wildman–Crippen MR) is 119 cm³/mol. The van der Waals surface area contributed by atoms with Crippen molar-refractivity contribution in [2.24, 2.45) is 5.92 Å². The first-order valence-electron chi connectivity index (χ1n) is 11.3. The van der Waals surface area contributed by atoms with Crippen molar-refractivity contribution in [3.8, 4) is 0 Å². The molecule has 8 heteroatoms. The number of aliphatic hydroxyl groups excluding tert-OH is 1. The van der Waals surface area contributed by atoms with E-state index in [1.54, 1.807) is 20.8 Å². The normalized spacial score (nSPS) is 16.1. The fourth-order valence-electron chi connectivity index (χ4n) is 3.78. The van der Waals surface area contributed by atoms with Gasteiger partial charge < -0.3 is 25.2 Å². The number of hydrogen-bond acceptors (Lipinski definition) is 6. The number of benzene rings is 1. The Morgan fingerprint density at radius 3 is 2.38 bits per heavy atom. The number of nitrogens with one attached hydrogen (secondary N) is 2. The number of ether oxygens (including phenoxy) is 2. The van der Waals surface area contributed by atoms with Crippen LogP contribution in [0, 0.1) is 5.92 Å². The summed E-state index contributed by atoms with van der Waals surface area (Å²) in [5.74, 6) is -0.636. The Labute approximate surface area is 190 Å². The summed E-state index contributed by atoms with van der Waals surface area (Å²) < 4.78 is 10.5. The molecule has 0 radical (unpaired) electrons. The van der Waals surface area contributed by atoms with Gasteiger partial charge in [0.05, 0.1) is 0 Å². The van der Waals surface area contributed by atoms with Crippen LogP contribution in [0.3, 0.4) is 0 Å². The molecule has 3 N–H and O–H groups in total. The maximum atomic E-state index is 12.5. The number of carbonyl (C=O) groups excluding carboxylic acids is 3. The van der Waals surface area contributed by atoms with Crippen molar-refractivity contribution < 1.29 is 29.0 Å². The van der Waals surface area contributed by atoms with Crippen molar-refractivity contribution in [3.63, 3.8) is 0 Å². The zero-order valence-electron chi connectivity index (χ0n) is 19.3. The molecule has 178 valence electrons. The SMILES string of the molecule is CC(C)(C)OC(=O)CCC(O)NC(=O)CC(NC(=O)OCc1ccccc1)C1CCCC1. The molecule has 1 aromatic rings. The molecule has 0 aliphatic heterocycles. The number of hydrogen-bond donors (Lipinski definition) is 3. The van der Waals surface area contributed by atoms with Gasteiger partial charge in [-0.25, -0.2) is 4.79 Å². The lowest BCUT2D eigenvalue weighted by Gasteiger charge is -2.25. The second-order valence-electron chi connectivity index (χ2n) is 9.27. The molecular weight excluding hydrogens is 412 g/mol. The van der Waals surface area contributed by atoms with Gasteiger partial charge in [-0.2, -0.15) is 0 Å². The third-order valence-electron chi connectivity index (χ3n) is 5.26. The average Bonchev–Trinajstić information content (AvgIpc) is 3.25. The Hall–Kier alpha value is -2.61. The highest BCUT2D eigenvalue weighted by atomic mass is 16.6. The predicted octanol–water partition coefficient (Wildman–Crippen LogP) is 3.42. The van der Waals surface area contributed by atoms with E-state index in [1.807, 2.05) is 30.3 Å². The van der Waals surface area contributed by atoms with Crippen molar-refractivity contribution in [1.29, 1.82) is 0 Å². The molecule has 1 saturated carbocycles. The summed E-state index contributed by atoms with van der Waals surface area (Å²) in [7, 11) is 0. The fraction of sp³-hybridized carbons (Fsp3) is 0.625. The van der Waals surface area contributed by atoms with Crippen molar-refractivity contribution in [2.45, 2.75) is 90.2 Å². The topological polar surface area (TPSA) is 114 Å². The van der Waals surface area contributed by atoms with Gasteiger partial charge in [0.2, 0.25) is 5.91 Å². The molecule has 0 saturated heterocycles. The number of amides is 2. The highest BCUT2D eigenvalue weighted by molar-refractivity contribution is 5.78. The van der Waals surface area contributed by atoms with Gasteiger partial charge in [0.1, 0.15) is 18.4 Å². The molecule has 0 heterocycles. The quantitative estimate of drug-likeness (QED) is 0.373. The van der Waals surface area contributed by atoms with Crippen LogP contribution < -0.4 is 10.6 Å². The molecule has 2 unspecified atom stereocenters. The molecule has 0 aromatic heterocycles. The van der Waals surface area contributed by atoms with E-state index >= 15 is 0 Å². The minimum atomic E-state index is -1.16. The van der Waals surface area contributed by atoms with E-state index in [9.17, 15) is 19.5 Å². The number of rotatable bonds is 10. The van der Waals surface area contributed by atoms with Crippen LogP contribution in [0.25, 0.3) is 0 Å². The zero-order valence-corrected chi connectivity index (χ0v) is 19.3. The Morgan fingerprint density at radius 1 is 1.09 bits per heavy atom. The standard InChI is InChI=1S/C24H36N2O6/c1-24(2,3)32-22(29)14-13-20(27)26-21(28)15-19(18-11-7-8-12-18)25-23(30)31-16-17-9-5-4-6-10-17/h4-6,9-10,18-20,27H,7-8,11-16H2,1-3H3,(H,25,30)(H,26,28). The van der Waals surface area contributed by atoms with Crippen LogP contribution in [0.5, 0.6) is 0 Å². The lowest BCUT2D eigenvalue weighted by Crippen LogP contribution is -2.45. The molecule has 0 spiro atoms. The molecule has 8 nitrogen and oxygen atoms in total. The molecule has 2 amide bonds. The summed E-state index contributed by atoms with van der Waals surface area (Å²) in [6.07, 6.45) is 2.33. The van der Waals surface area contributed by atoms with Gasteiger partial charge in [-0.1, -0.05) is 43.2 Å². The van der Waals surface area contributed by atoms with Gasteiger partial charge in [0, 0.05) is 25.3 Å². The molecular formula is C24H36N2O6. The van der Waals surface area contributed by atoms with E-state index in [0.717, 1.165) is 31.2 Å². The Balaban J connectivity index is 1.80. The van der Waals surface area contributed by atoms with Gasteiger partial charge >= 0.3 is 12.1 Å². The molecule has 2 atom stereocenters. The van der Waals surface area contributed by atoms with Gasteiger partial charge in [-0.15, -0.1) is 0 Å². The summed E-state index contributed by atoms with van der Waals surface area (Å²) in [6, 6.07) is 8.99. The van der Waals surface area contributed by atoms with Gasteiger partial charge in [0.25, 0.3) is 0 Å². The van der Waals surface area contributed by atoms with Crippen LogP contribution in [0.1, 0.15) is 71.3 Å². The van der Waals surface area contributed by atoms with Crippen molar-refractivity contribution >= 4 is 18.0 Å². The molecule has 32 heavy (non-hydrogen) atoms. The van der Waals surface area contributed by atoms with Gasteiger partial charge in [-0.05, 0) is 45.1 Å². The first kappa shape index (κ1) is 25.6. The lowest BCUT2D eigenvalue weighted by molar-refractivity contribution is -0.155. The van der Waals surface area contributed by atoms with Crippen molar-refractivity contribution in [2.75, 3.05) is 0 Å². The van der Waals surface area contributed by atoms with E-state index in [2.05, 4.69) is 10.6 Å². The first-order valence-corrected chi connectivity index (χ1v) is 11.3. The van der Waals surface area contributed by atoms with E-state index in [1.165, 1.54) is 0 Å². The summed E-state index contributed by atoms with van der Waals surface area (Å²) in [4.78, 5) is 36.6. The zero-order chi connectivity index (χ0) is 23.6. The van der Waals surface area contributed by atoms with Crippen LogP contribution in [-0.4, -0.2) is 40.9 Å². The number of carbonyl (C=O) groups is 3. The van der Waals surface area contributed by atoms with E-state index < -0.39 is 23.9 Å². The van der Waals surface area contributed by atoms with Crippen LogP contribution in [0.15, 0.2) is 30.3 Å². The van der Waals surface area contributed by atoms with Gasteiger partial charge in [-0.3, -0.25) is 9.59 Å². The van der Waals surface area contributed by atoms with Crippen LogP contribution in [0.4, 0.5) is 4.79 Å². The molecule has 1 aliphatic rings. The minimum Gasteiger partial charge on any atom is -0.460 e. The van der Waals surface area contributed by atoms with Crippen LogP contribution >= 0.6 is 0 Å². The molecule has 1 aromatic carbocycles. The summed E-state index contributed by atoms with van der Waals surface area (Å²) in [5, 5.41) is 15.4. The van der Waals surface area contributed by atoms with Crippen molar-refractivity contribution in [1.82, 2.24) is 10.6 Å². The van der Waals surface area contributed by atoms with Crippen LogP contribution in [0.2, 0.25) is 0 Å². The molecule has 1 aliphatic carbocycles. The van der Waals surface area contributed by atoms with E-state index in [4.69, 9.17) is 9.47 Å². The fourth-order valence-corrected chi connectivity index (χ4v) is 3.78. The molecule has 1 fully saturated rings. The van der Waals surface area contributed by atoms with Crippen LogP contribution in [-0.2, 0) is 25.7 Å². The maximum Gasteiger partial charge on any atom is 0.407 e. The second-order valence-corrected chi connectivity index (χ2v) is 9.27. The third-order valence-corrected chi connectivity index (χ3v) is 5.26. The van der Waals surface area contributed by atoms with E-state index in [-0.39, 0.29) is 43.7 Å². The first-order chi connectivity index (χ1) is 15.1. The Morgan fingerprint density at radius 2 is 1.75 bits per heavy atom. The van der Waals surface area contributed by atoms with Crippen molar-refractivity contribution in [3.05, 3.63) is 35.9 Å². The number of aliphatic hydroxyl groups is 1. The monoisotopic (exact) mass is 448 g/mol. The molecule has 0 bridgehead atoms. The van der Waals surface area contributed by atoms with Gasteiger partial charge in [0.15, 0.2) is 0 Å².